The summed E-state index contributed by atoms with van der Waals surface area (Å²) in [5, 5.41) is 1.26. The molecule has 1 heterocycles. The number of hydrogen-bond acceptors (Lipinski definition) is 2. The van der Waals surface area contributed by atoms with Gasteiger partial charge in [0, 0.05) is 11.2 Å². The fourth-order valence-electron chi connectivity index (χ4n) is 1.51. The summed E-state index contributed by atoms with van der Waals surface area (Å²) < 4.78 is 1.30. The van der Waals surface area contributed by atoms with Gasteiger partial charge in [-0.2, -0.15) is 0 Å². The third kappa shape index (κ3) is 2.79. The van der Waals surface area contributed by atoms with Crippen LogP contribution in [0.5, 0.6) is 0 Å². The molecule has 1 unspecified atom stereocenters. The summed E-state index contributed by atoms with van der Waals surface area (Å²) in [6.45, 7) is 2.21. The predicted octanol–water partition coefficient (Wildman–Crippen LogP) is 4.40. The lowest BCUT2D eigenvalue weighted by molar-refractivity contribution is 0.744. The average Bonchev–Trinajstić information content (AvgIpc) is 2.68. The lowest BCUT2D eigenvalue weighted by Crippen LogP contribution is -1.97. The monoisotopic (exact) mass is 283 g/mol. The Morgan fingerprint density at radius 3 is 2.93 bits per heavy atom. The van der Waals surface area contributed by atoms with Crippen molar-refractivity contribution in [2.24, 2.45) is 0 Å². The van der Waals surface area contributed by atoms with E-state index in [1.807, 2.05) is 17.4 Å². The van der Waals surface area contributed by atoms with Crippen molar-refractivity contribution in [3.63, 3.8) is 0 Å². The van der Waals surface area contributed by atoms with Gasteiger partial charge in [-0.25, -0.2) is 4.98 Å². The van der Waals surface area contributed by atoms with Crippen LogP contribution in [0.1, 0.15) is 24.8 Å². The van der Waals surface area contributed by atoms with Gasteiger partial charge in [0.1, 0.15) is 0 Å². The highest BCUT2D eigenvalue weighted by Gasteiger charge is 2.05. The number of para-hydroxylation sites is 1. The van der Waals surface area contributed by atoms with E-state index in [2.05, 4.69) is 46.0 Å². The van der Waals surface area contributed by atoms with E-state index in [4.69, 9.17) is 0 Å². The number of alkyl halides is 1. The van der Waals surface area contributed by atoms with Gasteiger partial charge >= 0.3 is 0 Å². The first-order valence-corrected chi connectivity index (χ1v) is 7.01. The normalized spacial score (nSPS) is 13.2. The summed E-state index contributed by atoms with van der Waals surface area (Å²) in [5.41, 5.74) is 1.14. The molecule has 0 N–H and O–H groups in total. The smallest absolute Gasteiger partial charge is 0.0939 e. The predicted molar refractivity (Wildman–Crippen MR) is 70.9 cm³/mol. The summed E-state index contributed by atoms with van der Waals surface area (Å²) in [5.74, 6) is 0. The van der Waals surface area contributed by atoms with Crippen LogP contribution in [0.2, 0.25) is 0 Å². The molecule has 0 saturated carbocycles. The zero-order chi connectivity index (χ0) is 10.7. The van der Waals surface area contributed by atoms with Crippen LogP contribution in [0.25, 0.3) is 10.2 Å². The van der Waals surface area contributed by atoms with Gasteiger partial charge in [-0.1, -0.05) is 35.0 Å². The first-order valence-electron chi connectivity index (χ1n) is 5.28. The lowest BCUT2D eigenvalue weighted by Gasteiger charge is -2.02. The van der Waals surface area contributed by atoms with E-state index >= 15 is 0 Å². The number of fused-ring (bicyclic) bond motifs is 1. The van der Waals surface area contributed by atoms with E-state index in [1.54, 1.807) is 0 Å². The third-order valence-corrected chi connectivity index (χ3v) is 4.65. The molecular formula is C12H14BrNS. The minimum atomic E-state index is 0.629. The molecule has 0 aliphatic carbocycles. The third-order valence-electron chi connectivity index (χ3n) is 2.45. The van der Waals surface area contributed by atoms with Gasteiger partial charge in [-0.3, -0.25) is 0 Å². The standard InChI is InChI=1S/C12H14BrNS/c1-2-9(13)7-8-12-14-10-5-3-4-6-11(10)15-12/h3-6,9H,2,7-8H2,1H3. The Bertz CT molecular complexity index is 405. The Balaban J connectivity index is 2.09. The van der Waals surface area contributed by atoms with E-state index in [9.17, 15) is 0 Å². The van der Waals surface area contributed by atoms with Crippen molar-refractivity contribution in [2.75, 3.05) is 0 Å². The Labute approximate surface area is 103 Å². The van der Waals surface area contributed by atoms with Crippen LogP contribution in [-0.2, 0) is 6.42 Å². The maximum Gasteiger partial charge on any atom is 0.0939 e. The molecule has 0 aliphatic heterocycles. The van der Waals surface area contributed by atoms with E-state index < -0.39 is 0 Å². The number of aryl methyl sites for hydroxylation is 1. The molecular weight excluding hydrogens is 270 g/mol. The van der Waals surface area contributed by atoms with Crippen molar-refractivity contribution in [1.29, 1.82) is 0 Å². The average molecular weight is 284 g/mol. The van der Waals surface area contributed by atoms with Crippen molar-refractivity contribution in [3.8, 4) is 0 Å². The van der Waals surface area contributed by atoms with E-state index in [-0.39, 0.29) is 0 Å². The van der Waals surface area contributed by atoms with Gasteiger partial charge in [-0.15, -0.1) is 11.3 Å². The van der Waals surface area contributed by atoms with E-state index in [0.717, 1.165) is 11.9 Å². The Hall–Kier alpha value is -0.410. The SMILES string of the molecule is CCC(Br)CCc1nc2ccccc2s1. The molecule has 80 valence electrons. The summed E-state index contributed by atoms with van der Waals surface area (Å²) in [6, 6.07) is 8.34. The number of hydrogen-bond donors (Lipinski definition) is 0. The van der Waals surface area contributed by atoms with E-state index in [0.29, 0.717) is 4.83 Å². The highest BCUT2D eigenvalue weighted by atomic mass is 79.9. The Kier molecular flexibility index (Phi) is 3.76. The highest BCUT2D eigenvalue weighted by molar-refractivity contribution is 9.09. The van der Waals surface area contributed by atoms with Crippen LogP contribution in [0.3, 0.4) is 0 Å². The second-order valence-electron chi connectivity index (χ2n) is 3.62. The number of rotatable bonds is 4. The lowest BCUT2D eigenvalue weighted by atomic mass is 10.2. The first kappa shape index (κ1) is 11.1. The number of halogens is 1. The zero-order valence-corrected chi connectivity index (χ0v) is 11.1. The Morgan fingerprint density at radius 1 is 1.40 bits per heavy atom. The van der Waals surface area contributed by atoms with Crippen molar-refractivity contribution in [1.82, 2.24) is 4.98 Å². The van der Waals surface area contributed by atoms with Crippen LogP contribution >= 0.6 is 27.3 Å². The molecule has 1 aromatic heterocycles. The van der Waals surface area contributed by atoms with Crippen molar-refractivity contribution in [2.45, 2.75) is 31.0 Å². The van der Waals surface area contributed by atoms with Gasteiger partial charge in [0.25, 0.3) is 0 Å². The maximum absolute atomic E-state index is 4.62. The maximum atomic E-state index is 4.62. The van der Waals surface area contributed by atoms with Crippen molar-refractivity contribution < 1.29 is 0 Å². The van der Waals surface area contributed by atoms with Gasteiger partial charge in [0.15, 0.2) is 0 Å². The molecule has 0 aliphatic rings. The molecule has 1 nitrogen and oxygen atoms in total. The van der Waals surface area contributed by atoms with Crippen LogP contribution in [0.4, 0.5) is 0 Å². The fraction of sp³-hybridized carbons (Fsp3) is 0.417. The molecule has 2 aromatic rings. The molecule has 0 bridgehead atoms. The fourth-order valence-corrected chi connectivity index (χ4v) is 2.72. The van der Waals surface area contributed by atoms with Gasteiger partial charge in [-0.05, 0) is 25.0 Å². The largest absolute Gasteiger partial charge is 0.241 e. The second kappa shape index (κ2) is 5.08. The van der Waals surface area contributed by atoms with E-state index in [1.165, 1.54) is 22.5 Å². The number of aromatic nitrogens is 1. The van der Waals surface area contributed by atoms with Crippen LogP contribution in [0, 0.1) is 0 Å². The van der Waals surface area contributed by atoms with Crippen molar-refractivity contribution >= 4 is 37.5 Å². The highest BCUT2D eigenvalue weighted by Crippen LogP contribution is 2.23. The summed E-state index contributed by atoms with van der Waals surface area (Å²) in [6.07, 6.45) is 3.45. The first-order chi connectivity index (χ1) is 7.29. The molecule has 3 heteroatoms. The second-order valence-corrected chi connectivity index (χ2v) is 6.03. The molecule has 2 rings (SSSR count). The van der Waals surface area contributed by atoms with Crippen LogP contribution in [-0.4, -0.2) is 9.81 Å². The van der Waals surface area contributed by atoms with Gasteiger partial charge in [0.05, 0.1) is 15.2 Å². The van der Waals surface area contributed by atoms with Crippen LogP contribution < -0.4 is 0 Å². The molecule has 0 saturated heterocycles. The summed E-state index contributed by atoms with van der Waals surface area (Å²) in [4.78, 5) is 5.25. The molecule has 0 amide bonds. The molecule has 0 fully saturated rings. The number of thiazole rings is 1. The van der Waals surface area contributed by atoms with Gasteiger partial charge in [0.2, 0.25) is 0 Å². The van der Waals surface area contributed by atoms with Crippen molar-refractivity contribution in [3.05, 3.63) is 29.3 Å². The number of benzene rings is 1. The minimum absolute atomic E-state index is 0.629. The van der Waals surface area contributed by atoms with Crippen LogP contribution in [0.15, 0.2) is 24.3 Å². The number of nitrogens with zero attached hydrogens (tertiary/aromatic N) is 1. The molecule has 0 spiro atoms. The molecule has 0 radical (unpaired) electrons. The molecule has 15 heavy (non-hydrogen) atoms. The molecule has 1 aromatic carbocycles. The zero-order valence-electron chi connectivity index (χ0n) is 8.74. The Morgan fingerprint density at radius 2 is 2.20 bits per heavy atom. The topological polar surface area (TPSA) is 12.9 Å². The molecule has 1 atom stereocenters. The summed E-state index contributed by atoms with van der Waals surface area (Å²) >= 11 is 5.47. The summed E-state index contributed by atoms with van der Waals surface area (Å²) in [7, 11) is 0. The minimum Gasteiger partial charge on any atom is -0.241 e. The quantitative estimate of drug-likeness (QED) is 0.758. The van der Waals surface area contributed by atoms with Gasteiger partial charge < -0.3 is 0 Å².